The highest BCUT2D eigenvalue weighted by Crippen LogP contribution is 2.31. The second-order valence-corrected chi connectivity index (χ2v) is 7.81. The van der Waals surface area contributed by atoms with Crippen LogP contribution in [0.4, 0.5) is 0 Å². The predicted octanol–water partition coefficient (Wildman–Crippen LogP) is 3.80. The number of benzene rings is 2. The maximum Gasteiger partial charge on any atom is 0.311 e. The number of carboxylic acid groups (broad SMARTS) is 1. The molecule has 0 aliphatic carbocycles. The molecule has 1 saturated heterocycles. The first-order chi connectivity index (χ1) is 13.0. The minimum absolute atomic E-state index is 0.0647. The Bertz CT molecular complexity index is 733. The molecule has 0 bridgehead atoms. The van der Waals surface area contributed by atoms with Gasteiger partial charge in [-0.15, -0.1) is 0 Å². The Balaban J connectivity index is 1.80. The molecule has 1 heterocycles. The Morgan fingerprint density at radius 2 is 1.52 bits per heavy atom. The molecule has 142 valence electrons. The molecule has 3 rings (SSSR count). The Labute approximate surface area is 160 Å². The number of carbonyl (C=O) groups excluding carboxylic acids is 1. The van der Waals surface area contributed by atoms with E-state index < -0.39 is 11.4 Å². The normalized spacial score (nSPS) is 19.9. The molecule has 1 unspecified atom stereocenters. The van der Waals surface area contributed by atoms with Gasteiger partial charge in [0.05, 0.1) is 5.41 Å². The lowest BCUT2D eigenvalue weighted by Crippen LogP contribution is -2.50. The summed E-state index contributed by atoms with van der Waals surface area (Å²) in [6.07, 6.45) is 2.68. The molecule has 4 nitrogen and oxygen atoms in total. The van der Waals surface area contributed by atoms with Gasteiger partial charge in [-0.3, -0.25) is 9.59 Å². The van der Waals surface area contributed by atoms with E-state index in [-0.39, 0.29) is 11.8 Å². The third kappa shape index (κ3) is 4.76. The second-order valence-electron chi connectivity index (χ2n) is 7.81. The van der Waals surface area contributed by atoms with E-state index in [1.165, 1.54) is 0 Å². The lowest BCUT2D eigenvalue weighted by Gasteiger charge is -2.39. The number of nitrogens with zero attached hydrogens (tertiary/aromatic N) is 1. The topological polar surface area (TPSA) is 57.6 Å². The van der Waals surface area contributed by atoms with Crippen molar-refractivity contribution in [2.24, 2.45) is 11.3 Å². The quantitative estimate of drug-likeness (QED) is 0.847. The number of hydrogen-bond donors (Lipinski definition) is 1. The van der Waals surface area contributed by atoms with Crippen LogP contribution in [0.15, 0.2) is 60.7 Å². The highest BCUT2D eigenvalue weighted by molar-refractivity contribution is 5.81. The fourth-order valence-electron chi connectivity index (χ4n) is 3.90. The number of carbonyl (C=O) groups is 2. The first-order valence-corrected chi connectivity index (χ1v) is 9.58. The molecule has 2 aromatic rings. The van der Waals surface area contributed by atoms with E-state index in [1.807, 2.05) is 60.7 Å². The van der Waals surface area contributed by atoms with Crippen molar-refractivity contribution in [2.75, 3.05) is 13.1 Å². The SMILES string of the molecule is CC1(C(=O)O)CCCN(C(=O)C(Cc2ccccc2)Cc2ccccc2)C1. The van der Waals surface area contributed by atoms with E-state index in [1.54, 1.807) is 11.8 Å². The summed E-state index contributed by atoms with van der Waals surface area (Å²) < 4.78 is 0. The molecule has 1 atom stereocenters. The minimum atomic E-state index is -0.849. The molecular weight excluding hydrogens is 338 g/mol. The zero-order valence-electron chi connectivity index (χ0n) is 15.8. The van der Waals surface area contributed by atoms with Crippen molar-refractivity contribution in [1.29, 1.82) is 0 Å². The molecular formula is C23H27NO3. The summed E-state index contributed by atoms with van der Waals surface area (Å²) in [6, 6.07) is 20.1. The van der Waals surface area contributed by atoms with Crippen LogP contribution in [-0.2, 0) is 22.4 Å². The smallest absolute Gasteiger partial charge is 0.311 e. The van der Waals surface area contributed by atoms with Gasteiger partial charge in [0.1, 0.15) is 0 Å². The van der Waals surface area contributed by atoms with Gasteiger partial charge in [-0.1, -0.05) is 60.7 Å². The zero-order chi connectivity index (χ0) is 19.3. The Hall–Kier alpha value is -2.62. The van der Waals surface area contributed by atoms with Crippen LogP contribution < -0.4 is 0 Å². The average molecular weight is 365 g/mol. The van der Waals surface area contributed by atoms with E-state index in [9.17, 15) is 14.7 Å². The number of hydrogen-bond acceptors (Lipinski definition) is 2. The average Bonchev–Trinajstić information content (AvgIpc) is 2.68. The van der Waals surface area contributed by atoms with Gasteiger partial charge in [0.15, 0.2) is 0 Å². The standard InChI is InChI=1S/C23H27NO3/c1-23(22(26)27)13-8-14-24(17-23)21(25)20(15-18-9-4-2-5-10-18)16-19-11-6-3-7-12-19/h2-7,9-12,20H,8,13-17H2,1H3,(H,26,27). The summed E-state index contributed by atoms with van der Waals surface area (Å²) in [5, 5.41) is 9.57. The van der Waals surface area contributed by atoms with Crippen molar-refractivity contribution in [3.8, 4) is 0 Å². The Morgan fingerprint density at radius 1 is 1.00 bits per heavy atom. The largest absolute Gasteiger partial charge is 0.481 e. The third-order valence-corrected chi connectivity index (χ3v) is 5.52. The molecule has 0 spiro atoms. The maximum atomic E-state index is 13.4. The van der Waals surface area contributed by atoms with Crippen LogP contribution in [0.2, 0.25) is 0 Å². The highest BCUT2D eigenvalue weighted by Gasteiger charge is 2.40. The van der Waals surface area contributed by atoms with E-state index >= 15 is 0 Å². The van der Waals surface area contributed by atoms with Crippen LogP contribution in [0, 0.1) is 11.3 Å². The first-order valence-electron chi connectivity index (χ1n) is 9.58. The van der Waals surface area contributed by atoms with Crippen LogP contribution >= 0.6 is 0 Å². The summed E-state index contributed by atoms with van der Waals surface area (Å²) in [7, 11) is 0. The van der Waals surface area contributed by atoms with Crippen molar-refractivity contribution in [2.45, 2.75) is 32.6 Å². The van der Waals surface area contributed by atoms with Crippen molar-refractivity contribution >= 4 is 11.9 Å². The molecule has 1 fully saturated rings. The number of aliphatic carboxylic acids is 1. The monoisotopic (exact) mass is 365 g/mol. The van der Waals surface area contributed by atoms with Crippen molar-refractivity contribution in [3.05, 3.63) is 71.8 Å². The van der Waals surface area contributed by atoms with Gasteiger partial charge in [0, 0.05) is 19.0 Å². The van der Waals surface area contributed by atoms with E-state index in [4.69, 9.17) is 0 Å². The predicted molar refractivity (Wildman–Crippen MR) is 105 cm³/mol. The molecule has 4 heteroatoms. The number of amides is 1. The molecule has 1 N–H and O–H groups in total. The second kappa shape index (κ2) is 8.38. The van der Waals surface area contributed by atoms with Crippen molar-refractivity contribution < 1.29 is 14.7 Å². The van der Waals surface area contributed by atoms with Gasteiger partial charge < -0.3 is 10.0 Å². The fourth-order valence-corrected chi connectivity index (χ4v) is 3.90. The molecule has 0 saturated carbocycles. The molecule has 1 amide bonds. The number of rotatable bonds is 6. The fraction of sp³-hybridized carbons (Fsp3) is 0.391. The Morgan fingerprint density at radius 3 is 2.00 bits per heavy atom. The molecule has 0 radical (unpaired) electrons. The highest BCUT2D eigenvalue weighted by atomic mass is 16.4. The molecule has 1 aliphatic heterocycles. The molecule has 1 aliphatic rings. The zero-order valence-corrected chi connectivity index (χ0v) is 15.8. The number of piperidine rings is 1. The first kappa shape index (κ1) is 19.2. The summed E-state index contributed by atoms with van der Waals surface area (Å²) in [4.78, 5) is 26.8. The lowest BCUT2D eigenvalue weighted by molar-refractivity contribution is -0.154. The third-order valence-electron chi connectivity index (χ3n) is 5.52. The van der Waals surface area contributed by atoms with Crippen LogP contribution in [0.1, 0.15) is 30.9 Å². The minimum Gasteiger partial charge on any atom is -0.481 e. The molecule has 27 heavy (non-hydrogen) atoms. The van der Waals surface area contributed by atoms with E-state index in [0.29, 0.717) is 32.4 Å². The van der Waals surface area contributed by atoms with E-state index in [2.05, 4.69) is 0 Å². The van der Waals surface area contributed by atoms with Gasteiger partial charge in [-0.05, 0) is 43.7 Å². The summed E-state index contributed by atoms with van der Waals surface area (Å²) in [5.74, 6) is -0.941. The molecule has 2 aromatic carbocycles. The van der Waals surface area contributed by atoms with Gasteiger partial charge >= 0.3 is 5.97 Å². The number of carboxylic acids is 1. The summed E-state index contributed by atoms with van der Waals surface area (Å²) in [6.45, 7) is 2.68. The van der Waals surface area contributed by atoms with Crippen molar-refractivity contribution in [3.63, 3.8) is 0 Å². The molecule has 0 aromatic heterocycles. The van der Waals surface area contributed by atoms with Gasteiger partial charge in [0.25, 0.3) is 0 Å². The number of likely N-dealkylation sites (tertiary alicyclic amines) is 1. The summed E-state index contributed by atoms with van der Waals surface area (Å²) in [5.41, 5.74) is 1.41. The van der Waals surface area contributed by atoms with Crippen LogP contribution in [0.5, 0.6) is 0 Å². The van der Waals surface area contributed by atoms with Gasteiger partial charge in [-0.25, -0.2) is 0 Å². The van der Waals surface area contributed by atoms with Crippen LogP contribution in [0.25, 0.3) is 0 Å². The lowest BCUT2D eigenvalue weighted by atomic mass is 9.81. The van der Waals surface area contributed by atoms with Crippen LogP contribution in [0.3, 0.4) is 0 Å². The van der Waals surface area contributed by atoms with Gasteiger partial charge in [0.2, 0.25) is 5.91 Å². The van der Waals surface area contributed by atoms with Crippen molar-refractivity contribution in [1.82, 2.24) is 4.90 Å². The maximum absolute atomic E-state index is 13.4. The van der Waals surface area contributed by atoms with E-state index in [0.717, 1.165) is 17.5 Å². The van der Waals surface area contributed by atoms with Gasteiger partial charge in [-0.2, -0.15) is 0 Å². The van der Waals surface area contributed by atoms with Crippen LogP contribution in [-0.4, -0.2) is 35.0 Å². The summed E-state index contributed by atoms with van der Waals surface area (Å²) >= 11 is 0. The Kier molecular flexibility index (Phi) is 5.94.